The summed E-state index contributed by atoms with van der Waals surface area (Å²) < 4.78 is 0. The first-order valence-electron chi connectivity index (χ1n) is 11.5. The van der Waals surface area contributed by atoms with Gasteiger partial charge in [-0.3, -0.25) is 0 Å². The molecule has 0 radical (unpaired) electrons. The molecule has 5 rings (SSSR count). The molecule has 5 heterocycles. The normalized spacial score (nSPS) is 19.6. The first kappa shape index (κ1) is 22.5. The maximum Gasteiger partial charge on any atom is 0.322 e. The van der Waals surface area contributed by atoms with E-state index < -0.39 is 0 Å². The summed E-state index contributed by atoms with van der Waals surface area (Å²) in [6, 6.07) is 1.99. The van der Waals surface area contributed by atoms with Crippen molar-refractivity contribution in [2.75, 3.05) is 73.7 Å². The van der Waals surface area contributed by atoms with E-state index in [1.807, 2.05) is 11.8 Å². The summed E-state index contributed by atoms with van der Waals surface area (Å²) in [7, 11) is 2.14. The Kier molecular flexibility index (Phi) is 6.09. The summed E-state index contributed by atoms with van der Waals surface area (Å²) in [6.45, 7) is 9.83. The Morgan fingerprint density at radius 1 is 1.15 bits per heavy atom. The topological polar surface area (TPSA) is 120 Å². The van der Waals surface area contributed by atoms with Crippen molar-refractivity contribution in [3.05, 3.63) is 23.3 Å². The van der Waals surface area contributed by atoms with Gasteiger partial charge in [-0.05, 0) is 32.5 Å². The standard InChI is InChI=1S/C22H30N10OS/c1-14-10-17(30-6-4-29(3)5-7-30)24-11-16(14)26-22(33)31-8-9-32(15(2)12-31)19-18-20(34-13-25-18)28-21(23)27-19/h10-11,13,15H,4-9,12H2,1-3H3,(H,26,33)(H2,23,27,28)/t15-/m0/s1. The molecule has 3 aromatic rings. The number of nitrogens with zero attached hydrogens (tertiary/aromatic N) is 8. The molecule has 12 heteroatoms. The molecule has 0 aromatic carbocycles. The molecule has 3 aromatic heterocycles. The number of piperazine rings is 2. The summed E-state index contributed by atoms with van der Waals surface area (Å²) in [5.74, 6) is 1.93. The fourth-order valence-corrected chi connectivity index (χ4v) is 5.15. The first-order chi connectivity index (χ1) is 16.4. The predicted octanol–water partition coefficient (Wildman–Crippen LogP) is 1.87. The van der Waals surface area contributed by atoms with Gasteiger partial charge >= 0.3 is 6.03 Å². The lowest BCUT2D eigenvalue weighted by Crippen LogP contribution is -2.55. The summed E-state index contributed by atoms with van der Waals surface area (Å²) in [4.78, 5) is 40.2. The zero-order valence-electron chi connectivity index (χ0n) is 19.7. The molecule has 2 fully saturated rings. The number of nitrogen functional groups attached to an aromatic ring is 1. The van der Waals surface area contributed by atoms with E-state index in [0.717, 1.165) is 59.4 Å². The van der Waals surface area contributed by atoms with E-state index in [0.29, 0.717) is 19.6 Å². The maximum absolute atomic E-state index is 13.1. The number of carbonyl (C=O) groups is 1. The average Bonchev–Trinajstić information content (AvgIpc) is 3.29. The van der Waals surface area contributed by atoms with Crippen molar-refractivity contribution < 1.29 is 4.79 Å². The van der Waals surface area contributed by atoms with E-state index >= 15 is 0 Å². The number of aryl methyl sites for hydroxylation is 1. The lowest BCUT2D eigenvalue weighted by Gasteiger charge is -2.40. The lowest BCUT2D eigenvalue weighted by molar-refractivity contribution is 0.200. The van der Waals surface area contributed by atoms with Crippen LogP contribution in [0.5, 0.6) is 0 Å². The molecule has 1 atom stereocenters. The molecule has 0 spiro atoms. The molecule has 2 aliphatic heterocycles. The van der Waals surface area contributed by atoms with E-state index in [1.54, 1.807) is 11.7 Å². The molecule has 34 heavy (non-hydrogen) atoms. The zero-order valence-corrected chi connectivity index (χ0v) is 20.5. The van der Waals surface area contributed by atoms with Crippen molar-refractivity contribution >= 4 is 51.0 Å². The third kappa shape index (κ3) is 4.42. The number of likely N-dealkylation sites (N-methyl/N-ethyl adjacent to an activating group) is 1. The van der Waals surface area contributed by atoms with Gasteiger partial charge in [0.15, 0.2) is 10.6 Å². The zero-order chi connectivity index (χ0) is 23.8. The fraction of sp³-hybridized carbons (Fsp3) is 0.500. The van der Waals surface area contributed by atoms with Crippen molar-refractivity contribution in [1.82, 2.24) is 29.7 Å². The van der Waals surface area contributed by atoms with Crippen molar-refractivity contribution in [1.29, 1.82) is 0 Å². The minimum absolute atomic E-state index is 0.0533. The van der Waals surface area contributed by atoms with Crippen LogP contribution in [0.4, 0.5) is 28.1 Å². The van der Waals surface area contributed by atoms with Crippen LogP contribution in [0.25, 0.3) is 10.3 Å². The monoisotopic (exact) mass is 482 g/mol. The summed E-state index contributed by atoms with van der Waals surface area (Å²) in [5.41, 5.74) is 10.2. The number of amides is 2. The Morgan fingerprint density at radius 2 is 1.94 bits per heavy atom. The molecule has 0 aliphatic carbocycles. The number of anilines is 4. The van der Waals surface area contributed by atoms with E-state index in [9.17, 15) is 4.79 Å². The largest absolute Gasteiger partial charge is 0.368 e. The molecule has 0 unspecified atom stereocenters. The van der Waals surface area contributed by atoms with Crippen molar-refractivity contribution in [2.24, 2.45) is 0 Å². The van der Waals surface area contributed by atoms with E-state index in [2.05, 4.69) is 60.0 Å². The Balaban J connectivity index is 1.24. The molecular formula is C22H30N10OS. The van der Waals surface area contributed by atoms with Gasteiger partial charge in [0.1, 0.15) is 11.3 Å². The van der Waals surface area contributed by atoms with Crippen molar-refractivity contribution in [2.45, 2.75) is 19.9 Å². The van der Waals surface area contributed by atoms with Gasteiger partial charge in [0.25, 0.3) is 0 Å². The minimum atomic E-state index is -0.121. The predicted molar refractivity (Wildman–Crippen MR) is 136 cm³/mol. The molecule has 2 saturated heterocycles. The molecule has 3 N–H and O–H groups in total. The van der Waals surface area contributed by atoms with Crippen LogP contribution in [0.3, 0.4) is 0 Å². The number of hydrogen-bond acceptors (Lipinski definition) is 10. The van der Waals surface area contributed by atoms with Gasteiger partial charge in [-0.2, -0.15) is 4.98 Å². The Morgan fingerprint density at radius 3 is 2.68 bits per heavy atom. The molecule has 2 aliphatic rings. The second-order valence-electron chi connectivity index (χ2n) is 8.98. The Hall–Kier alpha value is -3.25. The first-order valence-corrected chi connectivity index (χ1v) is 12.4. The molecular weight excluding hydrogens is 452 g/mol. The smallest absolute Gasteiger partial charge is 0.322 e. The number of nitrogens with one attached hydrogen (secondary N) is 1. The number of aromatic nitrogens is 4. The SMILES string of the molecule is Cc1cc(N2CCN(C)CC2)ncc1NC(=O)N1CCN(c2nc(N)nc3scnc23)[C@@H](C)C1. The van der Waals surface area contributed by atoms with E-state index in [-0.39, 0.29) is 18.0 Å². The summed E-state index contributed by atoms with van der Waals surface area (Å²) >= 11 is 1.44. The van der Waals surface area contributed by atoms with Crippen LogP contribution in [0, 0.1) is 6.92 Å². The van der Waals surface area contributed by atoms with Crippen molar-refractivity contribution in [3.63, 3.8) is 0 Å². The molecule has 180 valence electrons. The van der Waals surface area contributed by atoms with Crippen LogP contribution in [-0.2, 0) is 0 Å². The van der Waals surface area contributed by atoms with Gasteiger partial charge in [-0.25, -0.2) is 19.7 Å². The number of pyridine rings is 1. The number of rotatable bonds is 3. The Bertz CT molecular complexity index is 1190. The number of carbonyl (C=O) groups excluding carboxylic acids is 1. The fourth-order valence-electron chi connectivity index (χ4n) is 4.49. The van der Waals surface area contributed by atoms with Crippen LogP contribution in [0.15, 0.2) is 17.8 Å². The number of fused-ring (bicyclic) bond motifs is 1. The number of hydrogen-bond donors (Lipinski definition) is 2. The van der Waals surface area contributed by atoms with Crippen LogP contribution >= 0.6 is 11.3 Å². The van der Waals surface area contributed by atoms with Crippen LogP contribution in [0.2, 0.25) is 0 Å². The second-order valence-corrected chi connectivity index (χ2v) is 9.81. The maximum atomic E-state index is 13.1. The highest BCUT2D eigenvalue weighted by Gasteiger charge is 2.30. The minimum Gasteiger partial charge on any atom is -0.368 e. The third-order valence-corrected chi connectivity index (χ3v) is 7.27. The second kappa shape index (κ2) is 9.18. The van der Waals surface area contributed by atoms with Gasteiger partial charge in [0.2, 0.25) is 5.95 Å². The van der Waals surface area contributed by atoms with E-state index in [4.69, 9.17) is 5.73 Å². The number of thiazole rings is 1. The highest BCUT2D eigenvalue weighted by Crippen LogP contribution is 2.29. The molecule has 2 amide bonds. The lowest BCUT2D eigenvalue weighted by atomic mass is 10.2. The summed E-state index contributed by atoms with van der Waals surface area (Å²) in [5, 5.41) is 3.05. The molecule has 0 saturated carbocycles. The van der Waals surface area contributed by atoms with Gasteiger partial charge in [0.05, 0.1) is 17.4 Å². The summed E-state index contributed by atoms with van der Waals surface area (Å²) in [6.07, 6.45) is 1.77. The van der Waals surface area contributed by atoms with Gasteiger partial charge in [0, 0.05) is 51.9 Å². The van der Waals surface area contributed by atoms with Gasteiger partial charge in [-0.1, -0.05) is 0 Å². The molecule has 11 nitrogen and oxygen atoms in total. The van der Waals surface area contributed by atoms with Crippen LogP contribution in [-0.4, -0.2) is 94.7 Å². The van der Waals surface area contributed by atoms with Crippen molar-refractivity contribution in [3.8, 4) is 0 Å². The van der Waals surface area contributed by atoms with Gasteiger partial charge in [-0.15, -0.1) is 11.3 Å². The highest BCUT2D eigenvalue weighted by atomic mass is 32.1. The highest BCUT2D eigenvalue weighted by molar-refractivity contribution is 7.16. The molecule has 0 bridgehead atoms. The Labute approximate surface area is 202 Å². The number of nitrogens with two attached hydrogens (primary N) is 1. The van der Waals surface area contributed by atoms with Crippen LogP contribution < -0.4 is 20.9 Å². The van der Waals surface area contributed by atoms with Crippen LogP contribution in [0.1, 0.15) is 12.5 Å². The quantitative estimate of drug-likeness (QED) is 0.576. The third-order valence-electron chi connectivity index (χ3n) is 6.55. The van der Waals surface area contributed by atoms with E-state index in [1.165, 1.54) is 11.3 Å². The number of urea groups is 1. The van der Waals surface area contributed by atoms with Gasteiger partial charge < -0.3 is 30.7 Å². The average molecular weight is 483 g/mol.